The molecule has 0 radical (unpaired) electrons. The van der Waals surface area contributed by atoms with Crippen LogP contribution >= 0.6 is 0 Å². The molecule has 0 bridgehead atoms. The summed E-state index contributed by atoms with van der Waals surface area (Å²) in [6.07, 6.45) is 4.92. The minimum atomic E-state index is -1.15. The van der Waals surface area contributed by atoms with Crippen LogP contribution in [0.5, 0.6) is 0 Å². The first kappa shape index (κ1) is 29.3. The zero-order valence-electron chi connectivity index (χ0n) is 22.2. The number of nitrogens with zero attached hydrogens (tertiary/aromatic N) is 6. The molecule has 0 aromatic carbocycles. The van der Waals surface area contributed by atoms with Crippen molar-refractivity contribution in [2.24, 2.45) is 11.7 Å². The van der Waals surface area contributed by atoms with Gasteiger partial charge >= 0.3 is 12.0 Å². The molecule has 2 aromatic rings. The number of anilines is 1. The van der Waals surface area contributed by atoms with E-state index in [0.717, 1.165) is 6.42 Å². The summed E-state index contributed by atoms with van der Waals surface area (Å²) in [5.41, 5.74) is 5.76. The van der Waals surface area contributed by atoms with E-state index in [4.69, 9.17) is 11.0 Å². The molecule has 210 valence electrons. The van der Waals surface area contributed by atoms with Gasteiger partial charge in [0.25, 0.3) is 0 Å². The Balaban J connectivity index is 1.69. The number of piperidine rings is 1. The number of hydrogen-bond acceptors (Lipinski definition) is 9. The van der Waals surface area contributed by atoms with Crippen LogP contribution in [0.2, 0.25) is 0 Å². The third-order valence-corrected chi connectivity index (χ3v) is 6.99. The molecule has 14 nitrogen and oxygen atoms in total. The number of nitrogens with two attached hydrogens (primary N) is 1. The number of aromatic nitrogens is 3. The fraction of sp³-hybridized carbons (Fsp3) is 0.560. The van der Waals surface area contributed by atoms with Gasteiger partial charge in [-0.15, -0.1) is 0 Å². The second-order valence-corrected chi connectivity index (χ2v) is 9.64. The number of likely N-dealkylation sites (tertiary alicyclic amines) is 1. The lowest BCUT2D eigenvalue weighted by atomic mass is 9.92. The SMILES string of the molecule is C[C@@H]1CCN(C(=O)CC#N)C[C@@H]1N(C)c1ncnc2c1ccn2C(=O)NCC(=O)NC(CCCCN)C(=O)O. The lowest BCUT2D eigenvalue weighted by Crippen LogP contribution is -2.52. The summed E-state index contributed by atoms with van der Waals surface area (Å²) >= 11 is 0. The van der Waals surface area contributed by atoms with Gasteiger partial charge < -0.3 is 31.3 Å². The van der Waals surface area contributed by atoms with Crippen LogP contribution in [0, 0.1) is 17.2 Å². The van der Waals surface area contributed by atoms with Crippen molar-refractivity contribution in [1.29, 1.82) is 5.26 Å². The van der Waals surface area contributed by atoms with Gasteiger partial charge in [0.15, 0.2) is 5.65 Å². The fourth-order valence-electron chi connectivity index (χ4n) is 4.74. The molecule has 0 saturated carbocycles. The van der Waals surface area contributed by atoms with E-state index in [0.29, 0.717) is 49.3 Å². The number of aliphatic carboxylic acids is 1. The van der Waals surface area contributed by atoms with Crippen molar-refractivity contribution in [3.8, 4) is 6.07 Å². The average Bonchev–Trinajstić information content (AvgIpc) is 3.35. The molecule has 0 aliphatic carbocycles. The summed E-state index contributed by atoms with van der Waals surface area (Å²) < 4.78 is 1.25. The van der Waals surface area contributed by atoms with Crippen molar-refractivity contribution in [3.05, 3.63) is 18.6 Å². The zero-order chi connectivity index (χ0) is 28.5. The number of likely N-dealkylation sites (N-methyl/N-ethyl adjacent to an activating group) is 1. The minimum Gasteiger partial charge on any atom is -0.480 e. The first-order chi connectivity index (χ1) is 18.7. The predicted molar refractivity (Wildman–Crippen MR) is 142 cm³/mol. The lowest BCUT2D eigenvalue weighted by molar-refractivity contribution is -0.141. The quantitative estimate of drug-likeness (QED) is 0.286. The van der Waals surface area contributed by atoms with E-state index in [1.807, 2.05) is 18.0 Å². The number of carbonyl (C=O) groups is 4. The predicted octanol–water partition coefficient (Wildman–Crippen LogP) is 0.274. The molecule has 1 aliphatic rings. The minimum absolute atomic E-state index is 0.0626. The molecule has 1 saturated heterocycles. The van der Waals surface area contributed by atoms with Gasteiger partial charge in [0.2, 0.25) is 11.8 Å². The van der Waals surface area contributed by atoms with E-state index in [2.05, 4.69) is 27.5 Å². The van der Waals surface area contributed by atoms with Gasteiger partial charge in [-0.3, -0.25) is 14.2 Å². The van der Waals surface area contributed by atoms with Gasteiger partial charge in [0, 0.05) is 26.3 Å². The molecule has 2 aromatic heterocycles. The van der Waals surface area contributed by atoms with E-state index < -0.39 is 30.5 Å². The summed E-state index contributed by atoms with van der Waals surface area (Å²) in [5.74, 6) is -1.15. The van der Waals surface area contributed by atoms with Crippen molar-refractivity contribution < 1.29 is 24.3 Å². The normalized spacial score (nSPS) is 17.7. The summed E-state index contributed by atoms with van der Waals surface area (Å²) in [4.78, 5) is 61.2. The number of carbonyl (C=O) groups excluding carboxylic acids is 3. The van der Waals surface area contributed by atoms with Crippen LogP contribution in [0.25, 0.3) is 11.0 Å². The van der Waals surface area contributed by atoms with Gasteiger partial charge in [0.1, 0.15) is 24.6 Å². The highest BCUT2D eigenvalue weighted by atomic mass is 16.4. The van der Waals surface area contributed by atoms with E-state index in [1.165, 1.54) is 17.1 Å². The topological polar surface area (TPSA) is 200 Å². The first-order valence-electron chi connectivity index (χ1n) is 12.9. The zero-order valence-corrected chi connectivity index (χ0v) is 22.2. The molecular weight excluding hydrogens is 506 g/mol. The average molecular weight is 542 g/mol. The van der Waals surface area contributed by atoms with E-state index in [1.54, 1.807) is 11.0 Å². The van der Waals surface area contributed by atoms with Gasteiger partial charge in [-0.05, 0) is 44.2 Å². The van der Waals surface area contributed by atoms with Gasteiger partial charge in [-0.1, -0.05) is 6.92 Å². The molecule has 1 unspecified atom stereocenters. The Bertz CT molecular complexity index is 1240. The standard InChI is InChI=1S/C25H35N9O5/c1-16-7-11-33(21(36)6-10-27)14-19(16)32(2)22-17-8-12-34(23(17)30-15-29-22)25(39)28-13-20(35)31-18(24(37)38)5-3-4-9-26/h8,12,15-16,18-19H,3-7,9,11,13-14,26H2,1-2H3,(H,28,39)(H,31,35)(H,37,38)/t16-,18?,19+/m1/s1. The van der Waals surface area contributed by atoms with E-state index in [9.17, 15) is 24.3 Å². The summed E-state index contributed by atoms with van der Waals surface area (Å²) in [6, 6.07) is 1.87. The van der Waals surface area contributed by atoms with Crippen LogP contribution in [0.3, 0.4) is 0 Å². The Morgan fingerprint density at radius 1 is 1.31 bits per heavy atom. The van der Waals surface area contributed by atoms with E-state index >= 15 is 0 Å². The van der Waals surface area contributed by atoms with Crippen molar-refractivity contribution in [1.82, 2.24) is 30.1 Å². The second kappa shape index (κ2) is 13.5. The van der Waals surface area contributed by atoms with Crippen LogP contribution in [0.4, 0.5) is 10.6 Å². The second-order valence-electron chi connectivity index (χ2n) is 9.64. The molecule has 3 atom stereocenters. The highest BCUT2D eigenvalue weighted by Gasteiger charge is 2.33. The highest BCUT2D eigenvalue weighted by molar-refractivity contribution is 5.96. The molecule has 3 amide bonds. The molecule has 0 spiro atoms. The lowest BCUT2D eigenvalue weighted by Gasteiger charge is -2.42. The number of rotatable bonds is 11. The van der Waals surface area contributed by atoms with Crippen molar-refractivity contribution in [3.63, 3.8) is 0 Å². The van der Waals surface area contributed by atoms with Crippen LogP contribution in [0.1, 0.15) is 39.0 Å². The molecule has 1 fully saturated rings. The number of hydrogen-bond donors (Lipinski definition) is 4. The number of amides is 3. The van der Waals surface area contributed by atoms with E-state index in [-0.39, 0.29) is 30.7 Å². The molecular formula is C25H35N9O5. The van der Waals surface area contributed by atoms with Crippen LogP contribution in [0.15, 0.2) is 18.6 Å². The summed E-state index contributed by atoms with van der Waals surface area (Å²) in [5, 5.41) is 23.7. The maximum absolute atomic E-state index is 12.9. The first-order valence-corrected chi connectivity index (χ1v) is 12.9. The molecule has 3 heterocycles. The number of carboxylic acid groups (broad SMARTS) is 1. The van der Waals surface area contributed by atoms with Crippen molar-refractivity contribution in [2.45, 2.75) is 51.1 Å². The summed E-state index contributed by atoms with van der Waals surface area (Å²) in [7, 11) is 1.87. The highest BCUT2D eigenvalue weighted by Crippen LogP contribution is 2.29. The van der Waals surface area contributed by atoms with Crippen molar-refractivity contribution in [2.75, 3.05) is 38.1 Å². The monoisotopic (exact) mass is 541 g/mol. The summed E-state index contributed by atoms with van der Waals surface area (Å²) in [6.45, 7) is 3.16. The third-order valence-electron chi connectivity index (χ3n) is 6.99. The molecule has 3 rings (SSSR count). The maximum atomic E-state index is 12.9. The third kappa shape index (κ3) is 7.20. The smallest absolute Gasteiger partial charge is 0.327 e. The van der Waals surface area contributed by atoms with Crippen molar-refractivity contribution >= 4 is 40.7 Å². The van der Waals surface area contributed by atoms with Gasteiger partial charge in [-0.2, -0.15) is 5.26 Å². The Labute approximate surface area is 226 Å². The fourth-order valence-corrected chi connectivity index (χ4v) is 4.74. The number of fused-ring (bicyclic) bond motifs is 1. The largest absolute Gasteiger partial charge is 0.480 e. The van der Waals surface area contributed by atoms with Crippen LogP contribution < -0.4 is 21.3 Å². The Kier molecular flexibility index (Phi) is 10.2. The van der Waals surface area contributed by atoms with Gasteiger partial charge in [-0.25, -0.2) is 19.6 Å². The molecule has 1 aliphatic heterocycles. The molecule has 14 heteroatoms. The number of nitrogens with one attached hydrogen (secondary N) is 2. The Hall–Kier alpha value is -4.25. The maximum Gasteiger partial charge on any atom is 0.327 e. The Morgan fingerprint density at radius 3 is 2.77 bits per heavy atom. The van der Waals surface area contributed by atoms with Crippen LogP contribution in [-0.2, 0) is 14.4 Å². The number of carboxylic acids is 1. The Morgan fingerprint density at radius 2 is 2.08 bits per heavy atom. The molecule has 39 heavy (non-hydrogen) atoms. The van der Waals surface area contributed by atoms with Gasteiger partial charge in [0.05, 0.1) is 24.0 Å². The number of nitriles is 1. The molecule has 5 N–H and O–H groups in total. The number of unbranched alkanes of at least 4 members (excludes halogenated alkanes) is 1. The van der Waals surface area contributed by atoms with Crippen LogP contribution in [-0.4, -0.2) is 93.7 Å².